The number of unbranched alkanes of at least 4 members (excludes halogenated alkanes) is 3. The van der Waals surface area contributed by atoms with Gasteiger partial charge in [-0.25, -0.2) is 0 Å². The Balaban J connectivity index is 2.49. The van der Waals surface area contributed by atoms with Crippen LogP contribution in [0, 0.1) is 0 Å². The normalized spacial score (nSPS) is 12.1. The molecule has 5 nitrogen and oxygen atoms in total. The quantitative estimate of drug-likeness (QED) is 0.512. The average Bonchev–Trinajstić information content (AvgIpc) is 2.38. The number of hydrogen-bond donors (Lipinski definition) is 0. The topological polar surface area (TPSA) is 65.0 Å². The second-order valence-corrected chi connectivity index (χ2v) is 4.03. The predicted octanol–water partition coefficient (Wildman–Crippen LogP) is 2.13. The largest absolute Gasteiger partial charge is 0.476 e. The van der Waals surface area contributed by atoms with E-state index < -0.39 is 0 Å². The van der Waals surface area contributed by atoms with Gasteiger partial charge in [0.15, 0.2) is 0 Å². The van der Waals surface area contributed by atoms with Gasteiger partial charge in [0.25, 0.3) is 0 Å². The first-order valence-electron chi connectivity index (χ1n) is 6.06. The Labute approximate surface area is 102 Å². The lowest BCUT2D eigenvalue weighted by Gasteiger charge is -2.09. The zero-order valence-electron chi connectivity index (χ0n) is 10.4. The van der Waals surface area contributed by atoms with E-state index in [9.17, 15) is 4.79 Å². The van der Waals surface area contributed by atoms with E-state index in [-0.39, 0.29) is 5.92 Å². The average molecular weight is 237 g/mol. The zero-order chi connectivity index (χ0) is 12.5. The van der Waals surface area contributed by atoms with E-state index >= 15 is 0 Å². The van der Waals surface area contributed by atoms with Gasteiger partial charge in [-0.2, -0.15) is 0 Å². The highest BCUT2D eigenvalue weighted by Crippen LogP contribution is 2.21. The third-order valence-corrected chi connectivity index (χ3v) is 2.56. The van der Waals surface area contributed by atoms with Gasteiger partial charge in [-0.1, -0.05) is 38.2 Å². The van der Waals surface area contributed by atoms with Crippen LogP contribution in [0.25, 0.3) is 0 Å². The summed E-state index contributed by atoms with van der Waals surface area (Å²) in [6.07, 6.45) is 6.93. The van der Waals surface area contributed by atoms with Crippen molar-refractivity contribution in [3.05, 3.63) is 11.8 Å². The summed E-state index contributed by atoms with van der Waals surface area (Å²) < 4.78 is 5.53. The molecule has 0 aliphatic carbocycles. The first kappa shape index (κ1) is 13.5. The van der Waals surface area contributed by atoms with Crippen LogP contribution in [0.3, 0.4) is 0 Å². The Morgan fingerprint density at radius 3 is 2.94 bits per heavy atom. The molecule has 0 aromatic carbocycles. The summed E-state index contributed by atoms with van der Waals surface area (Å²) in [5, 5.41) is 11.0. The molecule has 17 heavy (non-hydrogen) atoms. The van der Waals surface area contributed by atoms with Gasteiger partial charge < -0.3 is 9.53 Å². The molecular formula is C12H19N3O2. The third kappa shape index (κ3) is 4.46. The van der Waals surface area contributed by atoms with Crippen LogP contribution in [-0.4, -0.2) is 28.3 Å². The maximum atomic E-state index is 10.7. The molecule has 5 heteroatoms. The van der Waals surface area contributed by atoms with Crippen molar-refractivity contribution in [3.63, 3.8) is 0 Å². The second kappa shape index (κ2) is 7.70. The number of aromatic nitrogens is 3. The van der Waals surface area contributed by atoms with Crippen LogP contribution in [0.2, 0.25) is 0 Å². The van der Waals surface area contributed by atoms with E-state index in [4.69, 9.17) is 4.74 Å². The third-order valence-electron chi connectivity index (χ3n) is 2.56. The van der Waals surface area contributed by atoms with Crippen molar-refractivity contribution in [1.82, 2.24) is 15.4 Å². The summed E-state index contributed by atoms with van der Waals surface area (Å²) in [4.78, 5) is 10.7. The highest BCUT2D eigenvalue weighted by molar-refractivity contribution is 5.62. The summed E-state index contributed by atoms with van der Waals surface area (Å²) in [5.74, 6) is 0.166. The smallest absolute Gasteiger partial charge is 0.240 e. The maximum absolute atomic E-state index is 10.7. The van der Waals surface area contributed by atoms with Crippen molar-refractivity contribution in [2.24, 2.45) is 0 Å². The molecule has 0 saturated carbocycles. The fourth-order valence-corrected chi connectivity index (χ4v) is 1.46. The van der Waals surface area contributed by atoms with Gasteiger partial charge >= 0.3 is 0 Å². The van der Waals surface area contributed by atoms with Crippen LogP contribution in [0.4, 0.5) is 0 Å². The maximum Gasteiger partial charge on any atom is 0.240 e. The predicted molar refractivity (Wildman–Crippen MR) is 63.9 cm³/mol. The molecule has 0 aliphatic heterocycles. The van der Waals surface area contributed by atoms with Crippen molar-refractivity contribution in [1.29, 1.82) is 0 Å². The lowest BCUT2D eigenvalue weighted by molar-refractivity contribution is -0.108. The van der Waals surface area contributed by atoms with Gasteiger partial charge in [0.05, 0.1) is 12.8 Å². The Hall–Kier alpha value is -1.52. The molecule has 0 bridgehead atoms. The number of ether oxygens (including phenoxy) is 1. The van der Waals surface area contributed by atoms with Crippen molar-refractivity contribution in [2.45, 2.75) is 45.4 Å². The monoisotopic (exact) mass is 237 g/mol. The zero-order valence-corrected chi connectivity index (χ0v) is 10.4. The fraction of sp³-hybridized carbons (Fsp3) is 0.667. The van der Waals surface area contributed by atoms with Gasteiger partial charge in [0, 0.05) is 11.5 Å². The number of carbonyl (C=O) groups excluding carboxylic acids is 1. The van der Waals surface area contributed by atoms with Gasteiger partial charge in [-0.15, -0.1) is 5.10 Å². The van der Waals surface area contributed by atoms with Gasteiger partial charge in [-0.3, -0.25) is 0 Å². The van der Waals surface area contributed by atoms with Crippen LogP contribution in [-0.2, 0) is 4.79 Å². The summed E-state index contributed by atoms with van der Waals surface area (Å²) in [6, 6.07) is 0. The Morgan fingerprint density at radius 2 is 2.24 bits per heavy atom. The van der Waals surface area contributed by atoms with E-state index in [0.29, 0.717) is 18.1 Å². The molecule has 1 atom stereocenters. The number of nitrogens with zero attached hydrogens (tertiary/aromatic N) is 3. The molecule has 1 aromatic rings. The SMILES string of the molecule is CCCCCCOc1nnncc1C(C)C=O. The minimum atomic E-state index is -0.261. The van der Waals surface area contributed by atoms with Crippen LogP contribution >= 0.6 is 0 Å². The Morgan fingerprint density at radius 1 is 1.41 bits per heavy atom. The van der Waals surface area contributed by atoms with Crippen molar-refractivity contribution >= 4 is 6.29 Å². The van der Waals surface area contributed by atoms with E-state index in [2.05, 4.69) is 22.3 Å². The van der Waals surface area contributed by atoms with Gasteiger partial charge in [0.2, 0.25) is 5.88 Å². The molecule has 1 unspecified atom stereocenters. The molecular weight excluding hydrogens is 218 g/mol. The lowest BCUT2D eigenvalue weighted by Crippen LogP contribution is -2.07. The van der Waals surface area contributed by atoms with E-state index in [1.54, 1.807) is 6.92 Å². The Kier molecular flexibility index (Phi) is 6.14. The molecule has 1 aromatic heterocycles. The molecule has 1 rings (SSSR count). The van der Waals surface area contributed by atoms with Crippen LogP contribution in [0.5, 0.6) is 5.88 Å². The number of rotatable bonds is 8. The van der Waals surface area contributed by atoms with Gasteiger partial charge in [-0.05, 0) is 11.6 Å². The molecule has 1 heterocycles. The molecule has 0 aliphatic rings. The van der Waals surface area contributed by atoms with Crippen molar-refractivity contribution < 1.29 is 9.53 Å². The number of carbonyl (C=O) groups is 1. The molecule has 0 fully saturated rings. The van der Waals surface area contributed by atoms with Gasteiger partial charge in [0.1, 0.15) is 6.29 Å². The molecule has 0 spiro atoms. The van der Waals surface area contributed by atoms with Crippen molar-refractivity contribution in [3.8, 4) is 5.88 Å². The lowest BCUT2D eigenvalue weighted by atomic mass is 10.1. The number of hydrogen-bond acceptors (Lipinski definition) is 5. The molecule has 0 radical (unpaired) electrons. The highest BCUT2D eigenvalue weighted by Gasteiger charge is 2.13. The highest BCUT2D eigenvalue weighted by atomic mass is 16.5. The summed E-state index contributed by atoms with van der Waals surface area (Å²) in [5.41, 5.74) is 0.700. The summed E-state index contributed by atoms with van der Waals surface area (Å²) >= 11 is 0. The van der Waals surface area contributed by atoms with Crippen LogP contribution in [0.1, 0.15) is 51.0 Å². The minimum absolute atomic E-state index is 0.261. The summed E-state index contributed by atoms with van der Waals surface area (Å²) in [7, 11) is 0. The number of aldehydes is 1. The molecule has 0 N–H and O–H groups in total. The van der Waals surface area contributed by atoms with E-state index in [1.165, 1.54) is 19.0 Å². The Bertz CT molecular complexity index is 344. The molecule has 0 saturated heterocycles. The standard InChI is InChI=1S/C12H19N3O2/c1-3-4-5-6-7-17-12-11(10(2)9-16)8-13-15-14-12/h8-10H,3-7H2,1-2H3. The molecule has 94 valence electrons. The first-order valence-corrected chi connectivity index (χ1v) is 6.06. The van der Waals surface area contributed by atoms with Crippen LogP contribution in [0.15, 0.2) is 6.20 Å². The fourth-order valence-electron chi connectivity index (χ4n) is 1.46. The first-order chi connectivity index (χ1) is 8.29. The summed E-state index contributed by atoms with van der Waals surface area (Å²) in [6.45, 7) is 4.56. The second-order valence-electron chi connectivity index (χ2n) is 4.03. The molecule has 0 amide bonds. The van der Waals surface area contributed by atoms with E-state index in [1.807, 2.05) is 0 Å². The van der Waals surface area contributed by atoms with Crippen LogP contribution < -0.4 is 4.74 Å². The minimum Gasteiger partial charge on any atom is -0.476 e. The van der Waals surface area contributed by atoms with Crippen molar-refractivity contribution in [2.75, 3.05) is 6.61 Å². The van der Waals surface area contributed by atoms with E-state index in [0.717, 1.165) is 19.1 Å².